The van der Waals surface area contributed by atoms with Crippen molar-refractivity contribution in [2.75, 3.05) is 18.4 Å². The Balaban J connectivity index is 2.24. The highest BCUT2D eigenvalue weighted by Crippen LogP contribution is 2.36. The van der Waals surface area contributed by atoms with Gasteiger partial charge in [-0.1, -0.05) is 23.7 Å². The van der Waals surface area contributed by atoms with Gasteiger partial charge in [0.2, 0.25) is 0 Å². The lowest BCUT2D eigenvalue weighted by atomic mass is 9.79. The van der Waals surface area contributed by atoms with E-state index in [0.29, 0.717) is 11.8 Å². The molecule has 1 aliphatic rings. The second-order valence-corrected chi connectivity index (χ2v) is 5.87. The molecule has 0 aliphatic carbocycles. The molecular formula is C14H17Cl3O. The van der Waals surface area contributed by atoms with E-state index in [1.54, 1.807) is 0 Å². The van der Waals surface area contributed by atoms with E-state index >= 15 is 0 Å². The van der Waals surface area contributed by atoms with Crippen molar-refractivity contribution in [2.24, 2.45) is 0 Å². The monoisotopic (exact) mass is 306 g/mol. The van der Waals surface area contributed by atoms with Crippen molar-refractivity contribution in [1.82, 2.24) is 0 Å². The molecule has 2 rings (SSSR count). The maximum absolute atomic E-state index is 6.21. The van der Waals surface area contributed by atoms with Gasteiger partial charge < -0.3 is 4.74 Å². The fourth-order valence-electron chi connectivity index (χ4n) is 2.48. The van der Waals surface area contributed by atoms with Gasteiger partial charge in [-0.3, -0.25) is 0 Å². The Morgan fingerprint density at radius 1 is 1.28 bits per heavy atom. The van der Waals surface area contributed by atoms with Crippen LogP contribution in [-0.2, 0) is 10.2 Å². The predicted octanol–water partition coefficient (Wildman–Crippen LogP) is 4.62. The zero-order valence-corrected chi connectivity index (χ0v) is 12.4. The topological polar surface area (TPSA) is 9.23 Å². The van der Waals surface area contributed by atoms with E-state index < -0.39 is 0 Å². The normalized spacial score (nSPS) is 20.3. The van der Waals surface area contributed by atoms with Gasteiger partial charge in [0.1, 0.15) is 0 Å². The van der Waals surface area contributed by atoms with Gasteiger partial charge in [0.15, 0.2) is 0 Å². The molecule has 1 unspecified atom stereocenters. The van der Waals surface area contributed by atoms with Crippen LogP contribution in [0.25, 0.3) is 0 Å². The van der Waals surface area contributed by atoms with Crippen LogP contribution >= 0.6 is 34.8 Å². The fraction of sp³-hybridized carbons (Fsp3) is 0.571. The summed E-state index contributed by atoms with van der Waals surface area (Å²) in [6, 6.07) is 7.82. The summed E-state index contributed by atoms with van der Waals surface area (Å²) in [6.45, 7) is 0.848. The van der Waals surface area contributed by atoms with Crippen molar-refractivity contribution in [1.29, 1.82) is 0 Å². The van der Waals surface area contributed by atoms with Gasteiger partial charge in [-0.15, -0.1) is 23.2 Å². The van der Waals surface area contributed by atoms with Crippen molar-refractivity contribution >= 4 is 34.8 Å². The Labute approximate surface area is 123 Å². The molecule has 1 saturated heterocycles. The summed E-state index contributed by atoms with van der Waals surface area (Å²) in [7, 11) is 0. The molecule has 1 atom stereocenters. The minimum absolute atomic E-state index is 0.247. The molecule has 1 nitrogen and oxygen atoms in total. The first-order valence-corrected chi connectivity index (χ1v) is 7.64. The van der Waals surface area contributed by atoms with Crippen LogP contribution in [0.2, 0.25) is 5.02 Å². The van der Waals surface area contributed by atoms with Crippen LogP contribution < -0.4 is 0 Å². The molecule has 100 valence electrons. The third-order valence-electron chi connectivity index (χ3n) is 3.59. The van der Waals surface area contributed by atoms with Gasteiger partial charge in [-0.25, -0.2) is 0 Å². The lowest BCUT2D eigenvalue weighted by Crippen LogP contribution is -2.35. The van der Waals surface area contributed by atoms with Gasteiger partial charge in [-0.2, -0.15) is 0 Å². The Hall–Kier alpha value is 0.0500. The van der Waals surface area contributed by atoms with Crippen LogP contribution in [0.5, 0.6) is 0 Å². The molecule has 0 saturated carbocycles. The smallest absolute Gasteiger partial charge is 0.0585 e. The average molecular weight is 308 g/mol. The Morgan fingerprint density at radius 3 is 2.61 bits per heavy atom. The molecule has 1 aliphatic heterocycles. The third kappa shape index (κ3) is 3.14. The number of ether oxygens (including phenoxy) is 1. The predicted molar refractivity (Wildman–Crippen MR) is 78.2 cm³/mol. The van der Waals surface area contributed by atoms with E-state index in [4.69, 9.17) is 39.5 Å². The van der Waals surface area contributed by atoms with Gasteiger partial charge >= 0.3 is 0 Å². The van der Waals surface area contributed by atoms with E-state index in [9.17, 15) is 0 Å². The summed E-state index contributed by atoms with van der Waals surface area (Å²) in [5.41, 5.74) is 0.860. The Morgan fingerprint density at radius 2 is 2.06 bits per heavy atom. The van der Waals surface area contributed by atoms with E-state index in [1.165, 1.54) is 0 Å². The summed E-state index contributed by atoms with van der Waals surface area (Å²) < 4.78 is 5.71. The molecule has 0 radical (unpaired) electrons. The number of rotatable bonds is 5. The summed E-state index contributed by atoms with van der Waals surface area (Å²) in [6.07, 6.45) is 3.35. The zero-order chi connectivity index (χ0) is 13.0. The lowest BCUT2D eigenvalue weighted by molar-refractivity contribution is 0.0884. The van der Waals surface area contributed by atoms with Gasteiger partial charge in [0.05, 0.1) is 6.10 Å². The highest BCUT2D eigenvalue weighted by atomic mass is 35.5. The summed E-state index contributed by atoms with van der Waals surface area (Å²) in [4.78, 5) is 0. The van der Waals surface area contributed by atoms with Crippen molar-refractivity contribution in [3.8, 4) is 0 Å². The van der Waals surface area contributed by atoms with Crippen LogP contribution in [0.4, 0.5) is 0 Å². The molecule has 0 bridgehead atoms. The number of hydrogen-bond donors (Lipinski definition) is 0. The van der Waals surface area contributed by atoms with Crippen LogP contribution in [0.3, 0.4) is 0 Å². The minimum atomic E-state index is -0.247. The van der Waals surface area contributed by atoms with Crippen LogP contribution in [0.15, 0.2) is 24.3 Å². The SMILES string of the molecule is ClCC(CCl)(CC1CCCO1)c1cccc(Cl)c1. The van der Waals surface area contributed by atoms with Gasteiger partial charge in [-0.05, 0) is 37.0 Å². The summed E-state index contributed by atoms with van der Waals surface area (Å²) in [5, 5.41) is 0.722. The van der Waals surface area contributed by atoms with E-state index in [1.807, 2.05) is 24.3 Å². The maximum Gasteiger partial charge on any atom is 0.0585 e. The molecule has 1 heterocycles. The van der Waals surface area contributed by atoms with E-state index in [0.717, 1.165) is 36.5 Å². The highest BCUT2D eigenvalue weighted by molar-refractivity contribution is 6.30. The van der Waals surface area contributed by atoms with Crippen molar-refractivity contribution in [3.63, 3.8) is 0 Å². The standard InChI is InChI=1S/C14H17Cl3O/c15-9-14(10-16,8-13-5-2-6-18-13)11-3-1-4-12(17)7-11/h1,3-4,7,13H,2,5-6,8-10H2. The van der Waals surface area contributed by atoms with Crippen molar-refractivity contribution < 1.29 is 4.74 Å². The zero-order valence-electron chi connectivity index (χ0n) is 10.2. The molecule has 1 fully saturated rings. The molecule has 4 heteroatoms. The third-order valence-corrected chi connectivity index (χ3v) is 4.85. The second kappa shape index (κ2) is 6.47. The average Bonchev–Trinajstić information content (AvgIpc) is 2.89. The minimum Gasteiger partial charge on any atom is -0.378 e. The van der Waals surface area contributed by atoms with E-state index in [-0.39, 0.29) is 11.5 Å². The number of benzene rings is 1. The molecular weight excluding hydrogens is 291 g/mol. The van der Waals surface area contributed by atoms with Crippen LogP contribution in [-0.4, -0.2) is 24.5 Å². The summed E-state index contributed by atoms with van der Waals surface area (Å²) >= 11 is 18.5. The quantitative estimate of drug-likeness (QED) is 0.721. The molecule has 18 heavy (non-hydrogen) atoms. The number of halogens is 3. The van der Waals surface area contributed by atoms with Crippen molar-refractivity contribution in [3.05, 3.63) is 34.9 Å². The van der Waals surface area contributed by atoms with Crippen molar-refractivity contribution in [2.45, 2.75) is 30.8 Å². The number of alkyl halides is 2. The summed E-state index contributed by atoms with van der Waals surface area (Å²) in [5.74, 6) is 0.966. The first-order valence-electron chi connectivity index (χ1n) is 6.20. The lowest BCUT2D eigenvalue weighted by Gasteiger charge is -2.32. The molecule has 1 aromatic carbocycles. The maximum atomic E-state index is 6.21. The van der Waals surface area contributed by atoms with Crippen LogP contribution in [0, 0.1) is 0 Å². The van der Waals surface area contributed by atoms with E-state index in [2.05, 4.69) is 0 Å². The van der Waals surface area contributed by atoms with Crippen LogP contribution in [0.1, 0.15) is 24.8 Å². The molecule has 0 amide bonds. The molecule has 0 N–H and O–H groups in total. The first kappa shape index (κ1) is 14.5. The fourth-order valence-corrected chi connectivity index (χ4v) is 3.48. The molecule has 0 aromatic heterocycles. The number of hydrogen-bond acceptors (Lipinski definition) is 1. The van der Waals surface area contributed by atoms with Gasteiger partial charge in [0, 0.05) is 28.8 Å². The second-order valence-electron chi connectivity index (χ2n) is 4.90. The Kier molecular flexibility index (Phi) is 5.20. The molecule has 1 aromatic rings. The first-order chi connectivity index (χ1) is 8.70. The Bertz CT molecular complexity index is 384. The largest absolute Gasteiger partial charge is 0.378 e. The van der Waals surface area contributed by atoms with Gasteiger partial charge in [0.25, 0.3) is 0 Å². The highest BCUT2D eigenvalue weighted by Gasteiger charge is 2.35. The molecule has 0 spiro atoms.